The van der Waals surface area contributed by atoms with E-state index in [1.165, 1.54) is 0 Å². The largest absolute Gasteiger partial charge is 0.357 e. The van der Waals surface area contributed by atoms with Crippen molar-refractivity contribution in [2.45, 2.75) is 25.8 Å². The number of nitrogens with zero attached hydrogens (tertiary/aromatic N) is 2. The lowest BCUT2D eigenvalue weighted by Gasteiger charge is -2.05. The van der Waals surface area contributed by atoms with Gasteiger partial charge in [0.05, 0.1) is 6.42 Å². The molecule has 0 heterocycles. The summed E-state index contributed by atoms with van der Waals surface area (Å²) in [6.07, 6.45) is 1.67. The van der Waals surface area contributed by atoms with Gasteiger partial charge < -0.3 is 4.84 Å². The van der Waals surface area contributed by atoms with Gasteiger partial charge in [0, 0.05) is 18.7 Å². The number of hydrogen-bond donors (Lipinski definition) is 0. The first-order valence-electron chi connectivity index (χ1n) is 4.92. The van der Waals surface area contributed by atoms with Crippen LogP contribution >= 0.6 is 0 Å². The molecule has 0 saturated heterocycles. The second-order valence-corrected chi connectivity index (χ2v) is 3.24. The van der Waals surface area contributed by atoms with E-state index in [-0.39, 0.29) is 6.04 Å². The molecule has 0 amide bonds. The minimum Gasteiger partial charge on any atom is -0.357 e. The number of rotatable bonds is 5. The molecule has 3 heteroatoms. The van der Waals surface area contributed by atoms with Crippen LogP contribution in [-0.4, -0.2) is 12.8 Å². The first kappa shape index (κ1) is 11.3. The molecule has 3 nitrogen and oxygen atoms in total. The van der Waals surface area contributed by atoms with Gasteiger partial charge in [0.15, 0.2) is 5.75 Å². The van der Waals surface area contributed by atoms with Crippen molar-refractivity contribution < 1.29 is 4.84 Å². The summed E-state index contributed by atoms with van der Waals surface area (Å²) in [5.41, 5.74) is 1.05. The van der Waals surface area contributed by atoms with Gasteiger partial charge in [-0.05, 0) is 6.07 Å². The fourth-order valence-corrected chi connectivity index (χ4v) is 1.39. The average molecular weight is 203 g/mol. The Kier molecular flexibility index (Phi) is 4.36. The van der Waals surface area contributed by atoms with Gasteiger partial charge in [-0.1, -0.05) is 35.1 Å². The van der Waals surface area contributed by atoms with Crippen molar-refractivity contribution in [3.05, 3.63) is 34.7 Å². The average Bonchev–Trinajstić information content (AvgIpc) is 2.28. The van der Waals surface area contributed by atoms with Gasteiger partial charge in [0.1, 0.15) is 0 Å². The highest BCUT2D eigenvalue weighted by Crippen LogP contribution is 2.21. The van der Waals surface area contributed by atoms with Crippen molar-refractivity contribution in [3.8, 4) is 12.3 Å². The van der Waals surface area contributed by atoms with E-state index >= 15 is 0 Å². The Morgan fingerprint density at radius 3 is 2.87 bits per heavy atom. The highest BCUT2D eigenvalue weighted by Gasteiger charge is 2.16. The van der Waals surface area contributed by atoms with Crippen molar-refractivity contribution in [1.29, 1.82) is 0 Å². The van der Waals surface area contributed by atoms with Gasteiger partial charge >= 0.3 is 0 Å². The Balaban J connectivity index is 2.83. The Labute approximate surface area is 90.2 Å². The third-order valence-electron chi connectivity index (χ3n) is 2.27. The van der Waals surface area contributed by atoms with E-state index in [1.54, 1.807) is 0 Å². The first-order valence-corrected chi connectivity index (χ1v) is 4.92. The molecule has 0 fully saturated rings. The monoisotopic (exact) mass is 203 g/mol. The number of hydrogen-bond acceptors (Lipinski definition) is 2. The Hall–Kier alpha value is -1.82. The SMILES string of the molecule is C#[N+]C(CC)Cc1ccccc1ON=C. The summed E-state index contributed by atoms with van der Waals surface area (Å²) in [6.45, 7) is 10.7. The van der Waals surface area contributed by atoms with Gasteiger partial charge in [0.25, 0.3) is 12.6 Å². The third-order valence-corrected chi connectivity index (χ3v) is 2.27. The second kappa shape index (κ2) is 5.82. The van der Waals surface area contributed by atoms with Crippen LogP contribution in [0.2, 0.25) is 0 Å². The molecule has 0 aromatic heterocycles. The normalized spacial score (nSPS) is 11.5. The minimum absolute atomic E-state index is 0.125. The van der Waals surface area contributed by atoms with Crippen LogP contribution in [0.1, 0.15) is 18.9 Å². The minimum atomic E-state index is 0.125. The lowest BCUT2D eigenvalue weighted by atomic mass is 10.0. The Morgan fingerprint density at radius 1 is 1.53 bits per heavy atom. The standard InChI is InChI=1S/C12H15N2O/c1-4-11(13-2)9-10-7-5-6-8-12(10)15-14-3/h2,5-8,11H,3-4,9H2,1H3/q+1. The Bertz CT molecular complexity index is 368. The predicted molar refractivity (Wildman–Crippen MR) is 62.7 cm³/mol. The fourth-order valence-electron chi connectivity index (χ4n) is 1.39. The summed E-state index contributed by atoms with van der Waals surface area (Å²) in [5.74, 6) is 0.717. The lowest BCUT2D eigenvalue weighted by molar-refractivity contribution is 0.341. The summed E-state index contributed by atoms with van der Waals surface area (Å²) >= 11 is 0. The number of oxime groups is 1. The molecule has 0 bridgehead atoms. The molecule has 1 aromatic rings. The maximum absolute atomic E-state index is 5.30. The highest BCUT2D eigenvalue weighted by molar-refractivity contribution is 5.35. The molecule has 1 atom stereocenters. The van der Waals surface area contributed by atoms with E-state index in [4.69, 9.17) is 11.4 Å². The highest BCUT2D eigenvalue weighted by atomic mass is 16.6. The molecule has 0 aliphatic rings. The maximum atomic E-state index is 5.30. The van der Waals surface area contributed by atoms with Crippen LogP contribution in [0.3, 0.4) is 0 Å². The molecule has 78 valence electrons. The van der Waals surface area contributed by atoms with E-state index in [9.17, 15) is 0 Å². The quantitative estimate of drug-likeness (QED) is 0.533. The molecule has 1 rings (SSSR count). The van der Waals surface area contributed by atoms with Crippen LogP contribution in [0.25, 0.3) is 4.85 Å². The van der Waals surface area contributed by atoms with Crippen LogP contribution in [0, 0.1) is 6.57 Å². The zero-order valence-corrected chi connectivity index (χ0v) is 8.89. The summed E-state index contributed by atoms with van der Waals surface area (Å²) in [5, 5.41) is 3.41. The maximum Gasteiger partial charge on any atom is 0.275 e. The molecular weight excluding hydrogens is 188 g/mol. The van der Waals surface area contributed by atoms with Crippen molar-refractivity contribution in [1.82, 2.24) is 0 Å². The molecule has 0 radical (unpaired) electrons. The zero-order valence-electron chi connectivity index (χ0n) is 8.89. The van der Waals surface area contributed by atoms with Gasteiger partial charge in [-0.2, -0.15) is 0 Å². The third kappa shape index (κ3) is 3.10. The molecule has 15 heavy (non-hydrogen) atoms. The van der Waals surface area contributed by atoms with Crippen LogP contribution in [0.5, 0.6) is 5.75 Å². The van der Waals surface area contributed by atoms with Crippen LogP contribution in [0.4, 0.5) is 0 Å². The molecule has 0 aliphatic carbocycles. The van der Waals surface area contributed by atoms with Crippen LogP contribution < -0.4 is 4.84 Å². The Morgan fingerprint density at radius 2 is 2.27 bits per heavy atom. The van der Waals surface area contributed by atoms with Gasteiger partial charge in [-0.25, -0.2) is 0 Å². The van der Waals surface area contributed by atoms with Crippen LogP contribution in [0.15, 0.2) is 29.4 Å². The van der Waals surface area contributed by atoms with E-state index < -0.39 is 0 Å². The van der Waals surface area contributed by atoms with E-state index in [0.29, 0.717) is 0 Å². The lowest BCUT2D eigenvalue weighted by Crippen LogP contribution is -2.05. The van der Waals surface area contributed by atoms with Crippen molar-refractivity contribution >= 4 is 6.72 Å². The molecular formula is C12H15N2O+. The second-order valence-electron chi connectivity index (χ2n) is 3.24. The summed E-state index contributed by atoms with van der Waals surface area (Å²) in [7, 11) is 0. The molecule has 0 N–H and O–H groups in total. The van der Waals surface area contributed by atoms with E-state index in [1.807, 2.05) is 24.3 Å². The first-order chi connectivity index (χ1) is 7.31. The molecule has 0 saturated carbocycles. The predicted octanol–water partition coefficient (Wildman–Crippen LogP) is 2.96. The molecule has 1 aromatic carbocycles. The fraction of sp³-hybridized carbons (Fsp3) is 0.333. The summed E-state index contributed by atoms with van der Waals surface area (Å²) in [4.78, 5) is 8.86. The molecule has 0 spiro atoms. The zero-order chi connectivity index (χ0) is 11.1. The van der Waals surface area contributed by atoms with Crippen molar-refractivity contribution in [2.24, 2.45) is 5.16 Å². The topological polar surface area (TPSA) is 25.9 Å². The number of benzene rings is 1. The van der Waals surface area contributed by atoms with Crippen molar-refractivity contribution in [2.75, 3.05) is 0 Å². The number of para-hydroxylation sites is 1. The van der Waals surface area contributed by atoms with Gasteiger partial charge in [0.2, 0.25) is 0 Å². The van der Waals surface area contributed by atoms with Crippen molar-refractivity contribution in [3.63, 3.8) is 0 Å². The van der Waals surface area contributed by atoms with E-state index in [0.717, 1.165) is 24.2 Å². The van der Waals surface area contributed by atoms with E-state index in [2.05, 4.69) is 23.6 Å². The van der Waals surface area contributed by atoms with Gasteiger partial charge in [-0.3, -0.25) is 0 Å². The van der Waals surface area contributed by atoms with Crippen LogP contribution in [-0.2, 0) is 6.42 Å². The molecule has 1 unspecified atom stereocenters. The summed E-state index contributed by atoms with van der Waals surface area (Å²) < 4.78 is 0. The molecule has 0 aliphatic heterocycles. The van der Waals surface area contributed by atoms with Gasteiger partial charge in [-0.15, -0.1) is 0 Å². The smallest absolute Gasteiger partial charge is 0.275 e. The summed E-state index contributed by atoms with van der Waals surface area (Å²) in [6, 6.07) is 7.81.